The summed E-state index contributed by atoms with van der Waals surface area (Å²) in [5, 5.41) is 8.51. The van der Waals surface area contributed by atoms with Crippen LogP contribution in [0.2, 0.25) is 0 Å². The third-order valence-electron chi connectivity index (χ3n) is 3.70. The number of amides is 1. The number of carbonyl (C=O) groups excluding carboxylic acids is 1. The second-order valence-electron chi connectivity index (χ2n) is 6.65. The van der Waals surface area contributed by atoms with Crippen LogP contribution in [0.1, 0.15) is 59.8 Å². The Balaban J connectivity index is 2.44. The number of hydrogen-bond donors (Lipinski definition) is 0. The van der Waals surface area contributed by atoms with Crippen molar-refractivity contribution in [1.29, 1.82) is 5.26 Å². The van der Waals surface area contributed by atoms with Gasteiger partial charge in [-0.1, -0.05) is 6.92 Å². The highest BCUT2D eigenvalue weighted by molar-refractivity contribution is 5.68. The second-order valence-corrected chi connectivity index (χ2v) is 6.65. The van der Waals surface area contributed by atoms with Gasteiger partial charge in [-0.15, -0.1) is 0 Å². The molecule has 120 valence electrons. The summed E-state index contributed by atoms with van der Waals surface area (Å²) in [7, 11) is 0. The average Bonchev–Trinajstić information content (AvgIpc) is 2.82. The van der Waals surface area contributed by atoms with Gasteiger partial charge in [-0.25, -0.2) is 4.79 Å². The Morgan fingerprint density at radius 1 is 1.38 bits per heavy atom. The van der Waals surface area contributed by atoms with Crippen molar-refractivity contribution in [2.75, 3.05) is 19.7 Å². The summed E-state index contributed by atoms with van der Waals surface area (Å²) in [4.78, 5) is 13.8. The molecule has 1 atom stereocenters. The Bertz CT molecular complexity index is 384. The maximum Gasteiger partial charge on any atom is 0.410 e. The van der Waals surface area contributed by atoms with Gasteiger partial charge in [0.2, 0.25) is 0 Å². The van der Waals surface area contributed by atoms with Gasteiger partial charge in [0.1, 0.15) is 5.60 Å². The molecule has 0 saturated carbocycles. The van der Waals surface area contributed by atoms with E-state index in [1.807, 2.05) is 20.8 Å². The number of nitrogens with zero attached hydrogens (tertiary/aromatic N) is 2. The molecule has 1 aliphatic heterocycles. The molecule has 0 aromatic rings. The van der Waals surface area contributed by atoms with Crippen molar-refractivity contribution in [2.24, 2.45) is 0 Å². The molecule has 1 aliphatic rings. The van der Waals surface area contributed by atoms with Crippen LogP contribution < -0.4 is 0 Å². The zero-order valence-electron chi connectivity index (χ0n) is 13.8. The fourth-order valence-corrected chi connectivity index (χ4v) is 2.43. The Hall–Kier alpha value is -1.28. The average molecular weight is 296 g/mol. The van der Waals surface area contributed by atoms with E-state index in [-0.39, 0.29) is 11.7 Å². The molecule has 0 bridgehead atoms. The van der Waals surface area contributed by atoms with Crippen LogP contribution in [0.3, 0.4) is 0 Å². The fraction of sp³-hybridized carbons (Fsp3) is 0.875. The minimum absolute atomic E-state index is 0.246. The van der Waals surface area contributed by atoms with Crippen molar-refractivity contribution in [1.82, 2.24) is 4.90 Å². The zero-order valence-corrected chi connectivity index (χ0v) is 13.8. The monoisotopic (exact) mass is 296 g/mol. The summed E-state index contributed by atoms with van der Waals surface area (Å²) < 4.78 is 11.5. The van der Waals surface area contributed by atoms with E-state index < -0.39 is 5.60 Å². The molecule has 0 spiro atoms. The number of nitriles is 1. The van der Waals surface area contributed by atoms with Gasteiger partial charge < -0.3 is 14.4 Å². The molecule has 1 fully saturated rings. The summed E-state index contributed by atoms with van der Waals surface area (Å²) in [6.45, 7) is 9.64. The van der Waals surface area contributed by atoms with Crippen LogP contribution in [0.15, 0.2) is 0 Å². The first-order chi connectivity index (χ1) is 9.82. The molecule has 1 unspecified atom stereocenters. The van der Waals surface area contributed by atoms with E-state index in [0.717, 1.165) is 25.7 Å². The maximum absolute atomic E-state index is 12.1. The van der Waals surface area contributed by atoms with Gasteiger partial charge in [0.25, 0.3) is 0 Å². The zero-order chi connectivity index (χ0) is 15.9. The Kier molecular flexibility index (Phi) is 6.47. The van der Waals surface area contributed by atoms with Crippen LogP contribution in [-0.4, -0.2) is 41.9 Å². The van der Waals surface area contributed by atoms with E-state index in [9.17, 15) is 4.79 Å². The van der Waals surface area contributed by atoms with Crippen LogP contribution >= 0.6 is 0 Å². The van der Waals surface area contributed by atoms with Crippen molar-refractivity contribution in [3.63, 3.8) is 0 Å². The van der Waals surface area contributed by atoms with Crippen molar-refractivity contribution >= 4 is 6.09 Å². The van der Waals surface area contributed by atoms with Crippen LogP contribution in [0, 0.1) is 11.3 Å². The van der Waals surface area contributed by atoms with Crippen molar-refractivity contribution in [2.45, 2.75) is 71.0 Å². The third-order valence-corrected chi connectivity index (χ3v) is 3.70. The summed E-state index contributed by atoms with van der Waals surface area (Å²) in [6.07, 6.45) is 3.80. The second kappa shape index (κ2) is 7.65. The molecule has 21 heavy (non-hydrogen) atoms. The van der Waals surface area contributed by atoms with E-state index in [1.54, 1.807) is 4.90 Å². The first kappa shape index (κ1) is 17.8. The van der Waals surface area contributed by atoms with Gasteiger partial charge >= 0.3 is 6.09 Å². The lowest BCUT2D eigenvalue weighted by Crippen LogP contribution is -2.40. The minimum atomic E-state index is -0.466. The lowest BCUT2D eigenvalue weighted by molar-refractivity contribution is -0.0436. The highest BCUT2D eigenvalue weighted by Crippen LogP contribution is 2.30. The van der Waals surface area contributed by atoms with Gasteiger partial charge in [0.15, 0.2) is 0 Å². The third kappa shape index (κ3) is 5.92. The summed E-state index contributed by atoms with van der Waals surface area (Å²) in [6, 6.07) is 2.14. The predicted molar refractivity (Wildman–Crippen MR) is 80.9 cm³/mol. The highest BCUT2D eigenvalue weighted by Gasteiger charge is 2.40. The van der Waals surface area contributed by atoms with Crippen molar-refractivity contribution in [3.05, 3.63) is 0 Å². The number of likely N-dealkylation sites (tertiary alicyclic amines) is 1. The van der Waals surface area contributed by atoms with Crippen LogP contribution in [0.5, 0.6) is 0 Å². The molecule has 1 rings (SSSR count). The summed E-state index contributed by atoms with van der Waals surface area (Å²) in [5.41, 5.74) is -0.712. The smallest absolute Gasteiger partial charge is 0.410 e. The number of rotatable bonds is 6. The number of hydrogen-bond acceptors (Lipinski definition) is 4. The molecule has 0 aliphatic carbocycles. The minimum Gasteiger partial charge on any atom is -0.444 e. The highest BCUT2D eigenvalue weighted by atomic mass is 16.6. The fourth-order valence-electron chi connectivity index (χ4n) is 2.43. The first-order valence-corrected chi connectivity index (χ1v) is 7.81. The molecule has 0 aromatic carbocycles. The van der Waals surface area contributed by atoms with Gasteiger partial charge in [0.05, 0.1) is 18.2 Å². The van der Waals surface area contributed by atoms with E-state index in [2.05, 4.69) is 13.0 Å². The summed E-state index contributed by atoms with van der Waals surface area (Å²) >= 11 is 0. The Morgan fingerprint density at radius 2 is 2.10 bits per heavy atom. The van der Waals surface area contributed by atoms with E-state index >= 15 is 0 Å². The SMILES string of the molecule is CCC1(OCCCCC#N)CCN(C(=O)OC(C)(C)C)C1. The molecular weight excluding hydrogens is 268 g/mol. The molecule has 1 saturated heterocycles. The molecule has 0 radical (unpaired) electrons. The number of ether oxygens (including phenoxy) is 2. The molecule has 0 N–H and O–H groups in total. The largest absolute Gasteiger partial charge is 0.444 e. The standard InChI is InChI=1S/C16H28N2O3/c1-5-16(20-12-8-6-7-10-17)9-11-18(13-16)14(19)21-15(2,3)4/h5-9,11-13H2,1-4H3. The normalized spacial score (nSPS) is 22.1. The number of carbonyl (C=O) groups is 1. The topological polar surface area (TPSA) is 62.6 Å². The van der Waals surface area contributed by atoms with Gasteiger partial charge in [-0.05, 0) is 46.5 Å². The Morgan fingerprint density at radius 3 is 2.67 bits per heavy atom. The van der Waals surface area contributed by atoms with Crippen LogP contribution in [-0.2, 0) is 9.47 Å². The molecular formula is C16H28N2O3. The Labute approximate surface area is 128 Å². The summed E-state index contributed by atoms with van der Waals surface area (Å²) in [5.74, 6) is 0. The lowest BCUT2D eigenvalue weighted by Gasteiger charge is -2.29. The quantitative estimate of drug-likeness (QED) is 0.704. The van der Waals surface area contributed by atoms with Gasteiger partial charge in [0, 0.05) is 19.6 Å². The van der Waals surface area contributed by atoms with E-state index in [0.29, 0.717) is 26.1 Å². The van der Waals surface area contributed by atoms with Crippen LogP contribution in [0.25, 0.3) is 0 Å². The lowest BCUT2D eigenvalue weighted by atomic mass is 10.00. The maximum atomic E-state index is 12.1. The van der Waals surface area contributed by atoms with E-state index in [4.69, 9.17) is 14.7 Å². The first-order valence-electron chi connectivity index (χ1n) is 7.81. The molecule has 5 nitrogen and oxygen atoms in total. The van der Waals surface area contributed by atoms with Crippen molar-refractivity contribution < 1.29 is 14.3 Å². The molecule has 0 aromatic heterocycles. The number of unbranched alkanes of at least 4 members (excludes halogenated alkanes) is 2. The van der Waals surface area contributed by atoms with Crippen LogP contribution in [0.4, 0.5) is 4.79 Å². The van der Waals surface area contributed by atoms with Crippen molar-refractivity contribution in [3.8, 4) is 6.07 Å². The van der Waals surface area contributed by atoms with Gasteiger partial charge in [-0.2, -0.15) is 5.26 Å². The predicted octanol–water partition coefficient (Wildman–Crippen LogP) is 3.49. The molecule has 1 amide bonds. The van der Waals surface area contributed by atoms with E-state index in [1.165, 1.54) is 0 Å². The van der Waals surface area contributed by atoms with Gasteiger partial charge in [-0.3, -0.25) is 0 Å². The molecule has 5 heteroatoms. The molecule has 1 heterocycles.